The van der Waals surface area contributed by atoms with Gasteiger partial charge in [0.15, 0.2) is 0 Å². The molecule has 0 fully saturated rings. The minimum absolute atomic E-state index is 0.314. The Bertz CT molecular complexity index is 939. The molecule has 0 saturated carbocycles. The van der Waals surface area contributed by atoms with Crippen LogP contribution in [-0.2, 0) is 11.3 Å². The fourth-order valence-corrected chi connectivity index (χ4v) is 2.70. The molecule has 0 aliphatic carbocycles. The van der Waals surface area contributed by atoms with Gasteiger partial charge in [-0.25, -0.2) is 9.78 Å². The zero-order valence-corrected chi connectivity index (χ0v) is 15.8. The molecule has 0 spiro atoms. The van der Waals surface area contributed by atoms with Crippen molar-refractivity contribution in [2.75, 3.05) is 24.4 Å². The van der Waals surface area contributed by atoms with Crippen molar-refractivity contribution in [3.63, 3.8) is 0 Å². The van der Waals surface area contributed by atoms with Gasteiger partial charge in [0.2, 0.25) is 0 Å². The molecule has 28 heavy (non-hydrogen) atoms. The number of carbonyl (C=O) groups excluding carboxylic acids is 2. The molecule has 0 bridgehead atoms. The van der Waals surface area contributed by atoms with E-state index in [4.69, 9.17) is 0 Å². The minimum Gasteiger partial charge on any atom is -0.465 e. The molecule has 3 rings (SSSR count). The predicted molar refractivity (Wildman–Crippen MR) is 109 cm³/mol. The molecular weight excluding hydrogens is 354 g/mol. The van der Waals surface area contributed by atoms with E-state index in [2.05, 4.69) is 32.1 Å². The second-order valence-corrected chi connectivity index (χ2v) is 6.27. The minimum atomic E-state index is -0.422. The third-order valence-electron chi connectivity index (χ3n) is 4.25. The van der Waals surface area contributed by atoms with Crippen LogP contribution in [0.4, 0.5) is 11.4 Å². The van der Waals surface area contributed by atoms with E-state index in [0.29, 0.717) is 16.9 Å². The van der Waals surface area contributed by atoms with Gasteiger partial charge in [0, 0.05) is 19.3 Å². The quantitative estimate of drug-likeness (QED) is 0.664. The van der Waals surface area contributed by atoms with Gasteiger partial charge >= 0.3 is 5.97 Å². The van der Waals surface area contributed by atoms with Crippen LogP contribution in [-0.4, -0.2) is 31.0 Å². The highest BCUT2D eigenvalue weighted by atomic mass is 16.5. The summed E-state index contributed by atoms with van der Waals surface area (Å²) < 4.78 is 4.65. The van der Waals surface area contributed by atoms with E-state index >= 15 is 0 Å². The van der Waals surface area contributed by atoms with Gasteiger partial charge in [0.05, 0.1) is 24.6 Å². The van der Waals surface area contributed by atoms with Crippen LogP contribution in [0.3, 0.4) is 0 Å². The maximum absolute atomic E-state index is 12.4. The summed E-state index contributed by atoms with van der Waals surface area (Å²) in [5.41, 5.74) is 3.42. The highest BCUT2D eigenvalue weighted by Gasteiger charge is 2.10. The van der Waals surface area contributed by atoms with Gasteiger partial charge in [-0.15, -0.1) is 0 Å². The molecule has 0 saturated heterocycles. The third kappa shape index (κ3) is 4.73. The van der Waals surface area contributed by atoms with Gasteiger partial charge in [-0.3, -0.25) is 4.79 Å². The molecule has 6 heteroatoms. The lowest BCUT2D eigenvalue weighted by molar-refractivity contribution is 0.0600. The Morgan fingerprint density at radius 3 is 2.32 bits per heavy atom. The van der Waals surface area contributed by atoms with Gasteiger partial charge in [-0.1, -0.05) is 30.3 Å². The first-order chi connectivity index (χ1) is 13.6. The van der Waals surface area contributed by atoms with Crippen molar-refractivity contribution >= 4 is 23.3 Å². The molecule has 0 unspecified atom stereocenters. The zero-order valence-electron chi connectivity index (χ0n) is 15.8. The van der Waals surface area contributed by atoms with Crippen LogP contribution in [0.5, 0.6) is 0 Å². The number of hydrogen-bond donors (Lipinski definition) is 1. The monoisotopic (exact) mass is 375 g/mol. The summed E-state index contributed by atoms with van der Waals surface area (Å²) in [4.78, 5) is 30.2. The summed E-state index contributed by atoms with van der Waals surface area (Å²) in [5, 5.41) is 2.76. The van der Waals surface area contributed by atoms with Gasteiger partial charge in [0.25, 0.3) is 5.91 Å². The molecule has 1 N–H and O–H groups in total. The van der Waals surface area contributed by atoms with Crippen LogP contribution in [0.15, 0.2) is 72.9 Å². The predicted octanol–water partition coefficient (Wildman–Crippen LogP) is 3.76. The summed E-state index contributed by atoms with van der Waals surface area (Å²) in [5.74, 6) is -0.738. The standard InChI is InChI=1S/C22H21N3O3/c1-25(15-16-6-4-3-5-7-16)19-12-13-20(23-14-19)21(26)24-18-10-8-17(9-11-18)22(27)28-2/h3-14H,15H2,1-2H3,(H,24,26). The molecular formula is C22H21N3O3. The van der Waals surface area contributed by atoms with E-state index in [1.165, 1.54) is 12.7 Å². The molecule has 1 amide bonds. The number of benzene rings is 2. The molecule has 1 heterocycles. The topological polar surface area (TPSA) is 71.5 Å². The summed E-state index contributed by atoms with van der Waals surface area (Å²) in [6.07, 6.45) is 1.68. The number of carbonyl (C=O) groups is 2. The van der Waals surface area contributed by atoms with E-state index in [0.717, 1.165) is 12.2 Å². The Morgan fingerprint density at radius 1 is 1.00 bits per heavy atom. The van der Waals surface area contributed by atoms with Crippen LogP contribution in [0.2, 0.25) is 0 Å². The van der Waals surface area contributed by atoms with Crippen molar-refractivity contribution in [2.24, 2.45) is 0 Å². The number of anilines is 2. The first kappa shape index (κ1) is 19.1. The van der Waals surface area contributed by atoms with Crippen LogP contribution in [0.1, 0.15) is 26.4 Å². The van der Waals surface area contributed by atoms with Gasteiger partial charge in [-0.2, -0.15) is 0 Å². The summed E-state index contributed by atoms with van der Waals surface area (Å²) in [6.45, 7) is 0.751. The zero-order chi connectivity index (χ0) is 19.9. The van der Waals surface area contributed by atoms with Crippen LogP contribution >= 0.6 is 0 Å². The average Bonchev–Trinajstić information content (AvgIpc) is 2.74. The SMILES string of the molecule is COC(=O)c1ccc(NC(=O)c2ccc(N(C)Cc3ccccc3)cn2)cc1. The smallest absolute Gasteiger partial charge is 0.337 e. The van der Waals surface area contributed by atoms with E-state index in [1.54, 1.807) is 36.5 Å². The van der Waals surface area contributed by atoms with Crippen LogP contribution < -0.4 is 10.2 Å². The molecule has 0 radical (unpaired) electrons. The Labute approximate surface area is 163 Å². The van der Waals surface area contributed by atoms with Crippen molar-refractivity contribution in [3.05, 3.63) is 89.7 Å². The van der Waals surface area contributed by atoms with Crippen LogP contribution in [0.25, 0.3) is 0 Å². The highest BCUT2D eigenvalue weighted by molar-refractivity contribution is 6.03. The van der Waals surface area contributed by atoms with Crippen molar-refractivity contribution < 1.29 is 14.3 Å². The Hall–Kier alpha value is -3.67. The molecule has 1 aromatic heterocycles. The first-order valence-corrected chi connectivity index (χ1v) is 8.77. The number of nitrogens with one attached hydrogen (secondary N) is 1. The maximum Gasteiger partial charge on any atom is 0.337 e. The van der Waals surface area contributed by atoms with Crippen LogP contribution in [0, 0.1) is 0 Å². The fraction of sp³-hybridized carbons (Fsp3) is 0.136. The number of amides is 1. The van der Waals surface area contributed by atoms with E-state index in [-0.39, 0.29) is 5.91 Å². The van der Waals surface area contributed by atoms with E-state index < -0.39 is 5.97 Å². The number of rotatable bonds is 6. The number of pyridine rings is 1. The molecule has 0 aliphatic rings. The summed E-state index contributed by atoms with van der Waals surface area (Å²) >= 11 is 0. The molecule has 0 atom stereocenters. The lowest BCUT2D eigenvalue weighted by Crippen LogP contribution is -2.18. The summed E-state index contributed by atoms with van der Waals surface area (Å²) in [6, 6.07) is 20.2. The van der Waals surface area contributed by atoms with Gasteiger partial charge in [-0.05, 0) is 42.0 Å². The largest absolute Gasteiger partial charge is 0.465 e. The lowest BCUT2D eigenvalue weighted by Gasteiger charge is -2.19. The third-order valence-corrected chi connectivity index (χ3v) is 4.25. The fourth-order valence-electron chi connectivity index (χ4n) is 2.70. The van der Waals surface area contributed by atoms with Crippen molar-refractivity contribution in [1.82, 2.24) is 4.98 Å². The number of aromatic nitrogens is 1. The number of ether oxygens (including phenoxy) is 1. The highest BCUT2D eigenvalue weighted by Crippen LogP contribution is 2.16. The number of methoxy groups -OCH3 is 1. The second-order valence-electron chi connectivity index (χ2n) is 6.27. The Morgan fingerprint density at radius 2 is 1.71 bits per heavy atom. The van der Waals surface area contributed by atoms with E-state index in [9.17, 15) is 9.59 Å². The van der Waals surface area contributed by atoms with Gasteiger partial charge in [0.1, 0.15) is 5.69 Å². The lowest BCUT2D eigenvalue weighted by atomic mass is 10.2. The molecule has 0 aliphatic heterocycles. The molecule has 3 aromatic rings. The molecule has 6 nitrogen and oxygen atoms in total. The van der Waals surface area contributed by atoms with Gasteiger partial charge < -0.3 is 15.0 Å². The van der Waals surface area contributed by atoms with Crippen molar-refractivity contribution in [1.29, 1.82) is 0 Å². The first-order valence-electron chi connectivity index (χ1n) is 8.77. The normalized spacial score (nSPS) is 10.2. The second kappa shape index (κ2) is 8.81. The average molecular weight is 375 g/mol. The Kier molecular flexibility index (Phi) is 6.01. The van der Waals surface area contributed by atoms with Crippen molar-refractivity contribution in [2.45, 2.75) is 6.54 Å². The number of hydrogen-bond acceptors (Lipinski definition) is 5. The van der Waals surface area contributed by atoms with Crippen molar-refractivity contribution in [3.8, 4) is 0 Å². The number of nitrogens with zero attached hydrogens (tertiary/aromatic N) is 2. The molecule has 2 aromatic carbocycles. The maximum atomic E-state index is 12.4. The summed E-state index contributed by atoms with van der Waals surface area (Å²) in [7, 11) is 3.30. The molecule has 142 valence electrons. The van der Waals surface area contributed by atoms with E-state index in [1.807, 2.05) is 31.3 Å². The Balaban J connectivity index is 1.62. The number of esters is 1.